The molecule has 150 valence electrons. The van der Waals surface area contributed by atoms with Crippen LogP contribution in [0.4, 0.5) is 0 Å². The molecule has 0 aliphatic carbocycles. The van der Waals surface area contributed by atoms with Gasteiger partial charge in [0, 0.05) is 51.5 Å². The van der Waals surface area contributed by atoms with E-state index >= 15 is 0 Å². The standard InChI is InChI=1S/C24H29N5/c1-19-26-12-14-28(19)17-21-8-6-7-20(15-21)16-27-24(25-2)29-13-11-23(18-29)22-9-4-3-5-10-22/h3-10,12,14-15,23H,11,13,16-18H2,1-2H3,(H,25,27). The predicted octanol–water partition coefficient (Wildman–Crippen LogP) is 3.80. The largest absolute Gasteiger partial charge is 0.352 e. The molecule has 29 heavy (non-hydrogen) atoms. The molecule has 1 aliphatic heterocycles. The van der Waals surface area contributed by atoms with Crippen LogP contribution >= 0.6 is 0 Å². The first-order valence-corrected chi connectivity index (χ1v) is 10.3. The Morgan fingerprint density at radius 3 is 2.72 bits per heavy atom. The summed E-state index contributed by atoms with van der Waals surface area (Å²) in [4.78, 5) is 11.2. The maximum Gasteiger partial charge on any atom is 0.193 e. The van der Waals surface area contributed by atoms with Crippen LogP contribution in [0, 0.1) is 6.92 Å². The number of hydrogen-bond acceptors (Lipinski definition) is 2. The van der Waals surface area contributed by atoms with E-state index in [0.717, 1.165) is 38.0 Å². The predicted molar refractivity (Wildman–Crippen MR) is 118 cm³/mol. The van der Waals surface area contributed by atoms with Gasteiger partial charge in [0.05, 0.1) is 0 Å². The molecule has 2 aromatic carbocycles. The van der Waals surface area contributed by atoms with E-state index in [4.69, 9.17) is 0 Å². The average Bonchev–Trinajstić information content (AvgIpc) is 3.39. The molecular weight excluding hydrogens is 358 g/mol. The molecule has 3 aromatic rings. The van der Waals surface area contributed by atoms with Crippen LogP contribution in [0.25, 0.3) is 0 Å². The SMILES string of the molecule is CN=C(NCc1cccc(Cn2ccnc2C)c1)N1CCC(c2ccccc2)C1. The van der Waals surface area contributed by atoms with E-state index in [2.05, 4.69) is 79.4 Å². The van der Waals surface area contributed by atoms with Gasteiger partial charge in [0.2, 0.25) is 0 Å². The zero-order valence-corrected chi connectivity index (χ0v) is 17.3. The van der Waals surface area contributed by atoms with Crippen LogP contribution in [-0.4, -0.2) is 40.5 Å². The third-order valence-corrected chi connectivity index (χ3v) is 5.69. The van der Waals surface area contributed by atoms with Crippen molar-refractivity contribution in [3.8, 4) is 0 Å². The molecule has 1 N–H and O–H groups in total. The maximum atomic E-state index is 4.53. The van der Waals surface area contributed by atoms with E-state index in [1.165, 1.54) is 23.1 Å². The first kappa shape index (κ1) is 19.2. The number of guanidine groups is 1. The Hall–Kier alpha value is -3.08. The quantitative estimate of drug-likeness (QED) is 0.535. The van der Waals surface area contributed by atoms with Gasteiger partial charge in [-0.3, -0.25) is 4.99 Å². The lowest BCUT2D eigenvalue weighted by molar-refractivity contribution is 0.486. The summed E-state index contributed by atoms with van der Waals surface area (Å²) in [6, 6.07) is 19.5. The number of likely N-dealkylation sites (tertiary alicyclic amines) is 1. The number of nitrogens with zero attached hydrogens (tertiary/aromatic N) is 4. The minimum Gasteiger partial charge on any atom is -0.352 e. The van der Waals surface area contributed by atoms with Crippen LogP contribution in [0.3, 0.4) is 0 Å². The fourth-order valence-electron chi connectivity index (χ4n) is 4.07. The van der Waals surface area contributed by atoms with Crippen molar-refractivity contribution in [3.05, 3.63) is 89.5 Å². The molecule has 1 atom stereocenters. The number of benzene rings is 2. The normalized spacial score (nSPS) is 17.0. The number of rotatable bonds is 5. The summed E-state index contributed by atoms with van der Waals surface area (Å²) in [6.45, 7) is 5.71. The Bertz CT molecular complexity index is 960. The minimum absolute atomic E-state index is 0.580. The van der Waals surface area contributed by atoms with E-state index in [0.29, 0.717) is 5.92 Å². The molecule has 0 spiro atoms. The fourth-order valence-corrected chi connectivity index (χ4v) is 4.07. The molecule has 0 saturated carbocycles. The summed E-state index contributed by atoms with van der Waals surface area (Å²) in [6.07, 6.45) is 5.05. The summed E-state index contributed by atoms with van der Waals surface area (Å²) in [7, 11) is 1.87. The van der Waals surface area contributed by atoms with Gasteiger partial charge in [-0.15, -0.1) is 0 Å². The van der Waals surface area contributed by atoms with Crippen molar-refractivity contribution in [1.82, 2.24) is 19.8 Å². The second-order valence-electron chi connectivity index (χ2n) is 7.67. The van der Waals surface area contributed by atoms with Gasteiger partial charge >= 0.3 is 0 Å². The summed E-state index contributed by atoms with van der Waals surface area (Å²) in [5, 5.41) is 3.55. The molecule has 4 rings (SSSR count). The van der Waals surface area contributed by atoms with E-state index in [1.807, 2.05) is 26.4 Å². The number of hydrogen-bond donors (Lipinski definition) is 1. The second kappa shape index (κ2) is 8.95. The zero-order valence-electron chi connectivity index (χ0n) is 17.3. The van der Waals surface area contributed by atoms with Crippen LogP contribution in [0.5, 0.6) is 0 Å². The topological polar surface area (TPSA) is 45.5 Å². The molecule has 0 amide bonds. The lowest BCUT2D eigenvalue weighted by Gasteiger charge is -2.22. The van der Waals surface area contributed by atoms with E-state index < -0.39 is 0 Å². The van der Waals surface area contributed by atoms with Gasteiger partial charge < -0.3 is 14.8 Å². The van der Waals surface area contributed by atoms with Crippen LogP contribution in [-0.2, 0) is 13.1 Å². The zero-order chi connectivity index (χ0) is 20.1. The summed E-state index contributed by atoms with van der Waals surface area (Å²) in [5.41, 5.74) is 3.97. The van der Waals surface area contributed by atoms with Crippen molar-refractivity contribution in [2.75, 3.05) is 20.1 Å². The molecule has 5 nitrogen and oxygen atoms in total. The Balaban J connectivity index is 1.35. The first-order chi connectivity index (χ1) is 14.2. The van der Waals surface area contributed by atoms with Crippen molar-refractivity contribution in [1.29, 1.82) is 0 Å². The van der Waals surface area contributed by atoms with Gasteiger partial charge in [0.15, 0.2) is 5.96 Å². The Morgan fingerprint density at radius 1 is 1.14 bits per heavy atom. The lowest BCUT2D eigenvalue weighted by Crippen LogP contribution is -2.39. The number of aryl methyl sites for hydroxylation is 1. The van der Waals surface area contributed by atoms with Crippen molar-refractivity contribution < 1.29 is 0 Å². The number of nitrogens with one attached hydrogen (secondary N) is 1. The van der Waals surface area contributed by atoms with Gasteiger partial charge in [-0.05, 0) is 30.0 Å². The second-order valence-corrected chi connectivity index (χ2v) is 7.67. The maximum absolute atomic E-state index is 4.53. The lowest BCUT2D eigenvalue weighted by atomic mass is 9.99. The van der Waals surface area contributed by atoms with E-state index in [9.17, 15) is 0 Å². The summed E-state index contributed by atoms with van der Waals surface area (Å²) >= 11 is 0. The highest BCUT2D eigenvalue weighted by molar-refractivity contribution is 5.80. The molecule has 1 aromatic heterocycles. The molecule has 1 fully saturated rings. The summed E-state index contributed by atoms with van der Waals surface area (Å²) in [5.74, 6) is 2.60. The number of imidazole rings is 1. The van der Waals surface area contributed by atoms with Crippen LogP contribution in [0.1, 0.15) is 34.9 Å². The van der Waals surface area contributed by atoms with Crippen molar-refractivity contribution >= 4 is 5.96 Å². The van der Waals surface area contributed by atoms with Gasteiger partial charge in [-0.1, -0.05) is 54.6 Å². The third kappa shape index (κ3) is 4.67. The first-order valence-electron chi connectivity index (χ1n) is 10.3. The molecular formula is C24H29N5. The molecule has 1 saturated heterocycles. The Labute approximate surface area is 173 Å². The molecule has 1 unspecified atom stereocenters. The Kier molecular flexibility index (Phi) is 5.94. The van der Waals surface area contributed by atoms with Crippen molar-refractivity contribution in [2.45, 2.75) is 32.4 Å². The monoisotopic (exact) mass is 387 g/mol. The highest BCUT2D eigenvalue weighted by Gasteiger charge is 2.25. The molecule has 0 bridgehead atoms. The third-order valence-electron chi connectivity index (χ3n) is 5.69. The van der Waals surface area contributed by atoms with Crippen LogP contribution in [0.15, 0.2) is 72.0 Å². The van der Waals surface area contributed by atoms with Gasteiger partial charge in [0.1, 0.15) is 5.82 Å². The molecule has 2 heterocycles. The highest BCUT2D eigenvalue weighted by Crippen LogP contribution is 2.26. The molecule has 5 heteroatoms. The molecule has 0 radical (unpaired) electrons. The highest BCUT2D eigenvalue weighted by atomic mass is 15.3. The van der Waals surface area contributed by atoms with Crippen LogP contribution < -0.4 is 5.32 Å². The van der Waals surface area contributed by atoms with Gasteiger partial charge in [0.25, 0.3) is 0 Å². The molecule has 1 aliphatic rings. The number of aliphatic imine (C=N–C) groups is 1. The average molecular weight is 388 g/mol. The van der Waals surface area contributed by atoms with E-state index in [1.54, 1.807) is 0 Å². The van der Waals surface area contributed by atoms with Gasteiger partial charge in [-0.25, -0.2) is 4.98 Å². The summed E-state index contributed by atoms with van der Waals surface area (Å²) < 4.78 is 2.17. The van der Waals surface area contributed by atoms with Gasteiger partial charge in [-0.2, -0.15) is 0 Å². The van der Waals surface area contributed by atoms with Crippen molar-refractivity contribution in [3.63, 3.8) is 0 Å². The number of aromatic nitrogens is 2. The van der Waals surface area contributed by atoms with Crippen molar-refractivity contribution in [2.24, 2.45) is 4.99 Å². The smallest absolute Gasteiger partial charge is 0.193 e. The fraction of sp³-hybridized carbons (Fsp3) is 0.333. The Morgan fingerprint density at radius 2 is 1.97 bits per heavy atom. The minimum atomic E-state index is 0.580. The van der Waals surface area contributed by atoms with E-state index in [-0.39, 0.29) is 0 Å². The van der Waals surface area contributed by atoms with Crippen LogP contribution in [0.2, 0.25) is 0 Å².